The number of thiazole rings is 1. The molecule has 0 spiro atoms. The second kappa shape index (κ2) is 6.46. The molecule has 0 unspecified atom stereocenters. The molecule has 24 heavy (non-hydrogen) atoms. The van der Waals surface area contributed by atoms with Gasteiger partial charge in [0.1, 0.15) is 16.4 Å². The summed E-state index contributed by atoms with van der Waals surface area (Å²) < 4.78 is 56.5. The maximum Gasteiger partial charge on any atom is 0.427 e. The molecule has 9 heteroatoms. The number of hydrogen-bond acceptors (Lipinski definition) is 5. The van der Waals surface area contributed by atoms with Gasteiger partial charge in [-0.15, -0.1) is 0 Å². The standard InChI is InChI=1S/C15H15F4N3OS/c1-23-12-8-10(16)2-3-11(12)21-4-6-22(7-5-21)14-20-9-13(24-14)15(17,18)19/h2-3,8-9H,4-7H2,1H3. The third-order valence-electron chi connectivity index (χ3n) is 3.81. The molecule has 3 rings (SSSR count). The highest BCUT2D eigenvalue weighted by Crippen LogP contribution is 2.37. The van der Waals surface area contributed by atoms with E-state index in [0.29, 0.717) is 48.4 Å². The van der Waals surface area contributed by atoms with Crippen LogP contribution >= 0.6 is 11.3 Å². The Bertz CT molecular complexity index is 711. The predicted octanol–water partition coefficient (Wildman–Crippen LogP) is 3.64. The van der Waals surface area contributed by atoms with Gasteiger partial charge in [-0.3, -0.25) is 0 Å². The number of benzene rings is 1. The van der Waals surface area contributed by atoms with Gasteiger partial charge < -0.3 is 14.5 Å². The normalized spacial score (nSPS) is 15.7. The molecule has 2 heterocycles. The third-order valence-corrected chi connectivity index (χ3v) is 4.91. The number of methoxy groups -OCH3 is 1. The first kappa shape index (κ1) is 16.8. The van der Waals surface area contributed by atoms with E-state index in [1.54, 1.807) is 6.07 Å². The Balaban J connectivity index is 1.69. The number of rotatable bonds is 3. The molecule has 1 saturated heterocycles. The lowest BCUT2D eigenvalue weighted by Gasteiger charge is -2.36. The summed E-state index contributed by atoms with van der Waals surface area (Å²) in [5, 5.41) is 0.369. The van der Waals surface area contributed by atoms with E-state index in [9.17, 15) is 17.6 Å². The lowest BCUT2D eigenvalue weighted by atomic mass is 10.2. The van der Waals surface area contributed by atoms with Crippen LogP contribution < -0.4 is 14.5 Å². The van der Waals surface area contributed by atoms with Crippen LogP contribution in [0, 0.1) is 5.82 Å². The van der Waals surface area contributed by atoms with Gasteiger partial charge in [0, 0.05) is 32.2 Å². The third kappa shape index (κ3) is 3.40. The van der Waals surface area contributed by atoms with Gasteiger partial charge in [-0.1, -0.05) is 11.3 Å². The van der Waals surface area contributed by atoms with E-state index in [0.717, 1.165) is 11.9 Å². The van der Waals surface area contributed by atoms with Crippen molar-refractivity contribution in [2.45, 2.75) is 6.18 Å². The Morgan fingerprint density at radius 3 is 2.38 bits per heavy atom. The lowest BCUT2D eigenvalue weighted by Crippen LogP contribution is -2.46. The maximum absolute atomic E-state index is 13.3. The summed E-state index contributed by atoms with van der Waals surface area (Å²) in [4.78, 5) is 7.03. The first-order valence-electron chi connectivity index (χ1n) is 7.25. The van der Waals surface area contributed by atoms with Crippen molar-refractivity contribution >= 4 is 22.2 Å². The Morgan fingerprint density at radius 1 is 1.12 bits per heavy atom. The first-order valence-corrected chi connectivity index (χ1v) is 8.06. The minimum atomic E-state index is -4.36. The second-order valence-electron chi connectivity index (χ2n) is 5.30. The molecule has 0 aliphatic carbocycles. The molecule has 1 aliphatic rings. The van der Waals surface area contributed by atoms with Crippen LogP contribution in [0.3, 0.4) is 0 Å². The molecule has 0 atom stereocenters. The van der Waals surface area contributed by atoms with Crippen molar-refractivity contribution in [1.82, 2.24) is 4.98 Å². The fraction of sp³-hybridized carbons (Fsp3) is 0.400. The smallest absolute Gasteiger partial charge is 0.427 e. The summed E-state index contributed by atoms with van der Waals surface area (Å²) in [7, 11) is 1.47. The van der Waals surface area contributed by atoms with Gasteiger partial charge in [0.05, 0.1) is 19.0 Å². The van der Waals surface area contributed by atoms with Crippen molar-refractivity contribution in [3.63, 3.8) is 0 Å². The molecular formula is C15H15F4N3OS. The maximum atomic E-state index is 13.3. The molecule has 1 aromatic heterocycles. The fourth-order valence-corrected chi connectivity index (χ4v) is 3.43. The van der Waals surface area contributed by atoms with Crippen LogP contribution in [-0.2, 0) is 6.18 Å². The van der Waals surface area contributed by atoms with Crippen LogP contribution in [0.2, 0.25) is 0 Å². The van der Waals surface area contributed by atoms with E-state index in [-0.39, 0.29) is 5.82 Å². The summed E-state index contributed by atoms with van der Waals surface area (Å²) in [6.45, 7) is 2.24. The minimum absolute atomic E-state index is 0.369. The quantitative estimate of drug-likeness (QED) is 0.781. The molecule has 1 fully saturated rings. The zero-order chi connectivity index (χ0) is 17.3. The van der Waals surface area contributed by atoms with Crippen LogP contribution in [0.1, 0.15) is 4.88 Å². The summed E-state index contributed by atoms with van der Waals surface area (Å²) >= 11 is 0.650. The summed E-state index contributed by atoms with van der Waals surface area (Å²) in [5.74, 6) is 0.0637. The van der Waals surface area contributed by atoms with Gasteiger partial charge in [0.2, 0.25) is 0 Å². The van der Waals surface area contributed by atoms with E-state index >= 15 is 0 Å². The van der Waals surface area contributed by atoms with Gasteiger partial charge in [0.15, 0.2) is 5.13 Å². The Labute approximate surface area is 140 Å². The lowest BCUT2D eigenvalue weighted by molar-refractivity contribution is -0.134. The SMILES string of the molecule is COc1cc(F)ccc1N1CCN(c2ncc(C(F)(F)F)s2)CC1. The largest absolute Gasteiger partial charge is 0.494 e. The molecule has 0 saturated carbocycles. The van der Waals surface area contributed by atoms with Crippen LogP contribution in [0.15, 0.2) is 24.4 Å². The average Bonchev–Trinajstić information content (AvgIpc) is 3.05. The predicted molar refractivity (Wildman–Crippen MR) is 84.5 cm³/mol. The van der Waals surface area contributed by atoms with E-state index in [1.807, 2.05) is 9.80 Å². The monoisotopic (exact) mass is 361 g/mol. The molecule has 0 bridgehead atoms. The van der Waals surface area contributed by atoms with E-state index in [1.165, 1.54) is 19.2 Å². The Morgan fingerprint density at radius 2 is 1.79 bits per heavy atom. The van der Waals surface area contributed by atoms with E-state index < -0.39 is 11.1 Å². The Kier molecular flexibility index (Phi) is 4.53. The molecule has 0 amide bonds. The number of ether oxygens (including phenoxy) is 1. The van der Waals surface area contributed by atoms with Crippen LogP contribution in [0.25, 0.3) is 0 Å². The molecule has 4 nitrogen and oxygen atoms in total. The van der Waals surface area contributed by atoms with Crippen molar-refractivity contribution in [1.29, 1.82) is 0 Å². The van der Waals surface area contributed by atoms with Gasteiger partial charge in [-0.25, -0.2) is 9.37 Å². The van der Waals surface area contributed by atoms with E-state index in [2.05, 4.69) is 4.98 Å². The number of aromatic nitrogens is 1. The van der Waals surface area contributed by atoms with Gasteiger partial charge >= 0.3 is 6.18 Å². The summed E-state index contributed by atoms with van der Waals surface area (Å²) in [6.07, 6.45) is -3.49. The highest BCUT2D eigenvalue weighted by atomic mass is 32.1. The second-order valence-corrected chi connectivity index (χ2v) is 6.30. The Hall–Kier alpha value is -2.03. The summed E-state index contributed by atoms with van der Waals surface area (Å²) in [5.41, 5.74) is 0.772. The molecule has 130 valence electrons. The molecule has 1 aliphatic heterocycles. The minimum Gasteiger partial charge on any atom is -0.494 e. The molecule has 0 N–H and O–H groups in total. The van der Waals surface area contributed by atoms with Crippen molar-refractivity contribution in [2.75, 3.05) is 43.1 Å². The average molecular weight is 361 g/mol. The summed E-state index contributed by atoms with van der Waals surface area (Å²) in [6, 6.07) is 4.33. The molecular weight excluding hydrogens is 346 g/mol. The van der Waals surface area contributed by atoms with Crippen LogP contribution in [-0.4, -0.2) is 38.3 Å². The number of hydrogen-bond donors (Lipinski definition) is 0. The van der Waals surface area contributed by atoms with Crippen LogP contribution in [0.5, 0.6) is 5.75 Å². The van der Waals surface area contributed by atoms with Crippen molar-refractivity contribution in [2.24, 2.45) is 0 Å². The zero-order valence-corrected chi connectivity index (χ0v) is 13.6. The van der Waals surface area contributed by atoms with Gasteiger partial charge in [-0.05, 0) is 12.1 Å². The van der Waals surface area contributed by atoms with Crippen molar-refractivity contribution in [3.8, 4) is 5.75 Å². The molecule has 0 radical (unpaired) electrons. The van der Waals surface area contributed by atoms with Gasteiger partial charge in [0.25, 0.3) is 0 Å². The number of alkyl halides is 3. The molecule has 1 aromatic carbocycles. The van der Waals surface area contributed by atoms with Crippen molar-refractivity contribution < 1.29 is 22.3 Å². The van der Waals surface area contributed by atoms with E-state index in [4.69, 9.17) is 4.74 Å². The fourth-order valence-electron chi connectivity index (χ4n) is 2.59. The molecule has 2 aromatic rings. The van der Waals surface area contributed by atoms with Crippen molar-refractivity contribution in [3.05, 3.63) is 35.1 Å². The highest BCUT2D eigenvalue weighted by Gasteiger charge is 2.34. The number of anilines is 2. The zero-order valence-electron chi connectivity index (χ0n) is 12.8. The van der Waals surface area contributed by atoms with Gasteiger partial charge in [-0.2, -0.15) is 13.2 Å². The van der Waals surface area contributed by atoms with Crippen LogP contribution in [0.4, 0.5) is 28.4 Å². The number of piperazine rings is 1. The number of nitrogens with zero attached hydrogens (tertiary/aromatic N) is 3. The topological polar surface area (TPSA) is 28.6 Å². The highest BCUT2D eigenvalue weighted by molar-refractivity contribution is 7.15. The number of halogens is 4. The first-order chi connectivity index (χ1) is 11.4.